The Hall–Kier alpha value is 0.491. The summed E-state index contributed by atoms with van der Waals surface area (Å²) in [5.41, 5.74) is 0. The van der Waals surface area contributed by atoms with E-state index in [0.717, 1.165) is 51.2 Å². The minimum atomic E-state index is -2.55. The van der Waals surface area contributed by atoms with Crippen LogP contribution in [0.3, 0.4) is 0 Å². The third-order valence-corrected chi connectivity index (χ3v) is 12.4. The lowest BCUT2D eigenvalue weighted by atomic mass is 10.5. The van der Waals surface area contributed by atoms with E-state index >= 15 is 0 Å². The van der Waals surface area contributed by atoms with Gasteiger partial charge in [0.05, 0.1) is 0 Å². The minimum Gasteiger partial charge on any atom is -0.458 e. The molecule has 0 N–H and O–H groups in total. The first kappa shape index (κ1) is 22.5. The van der Waals surface area contributed by atoms with Crippen molar-refractivity contribution in [1.82, 2.24) is 0 Å². The highest BCUT2D eigenvalue weighted by atomic mass is 28.4. The molecule has 4 nitrogen and oxygen atoms in total. The Morgan fingerprint density at radius 2 is 1.14 bits per heavy atom. The Morgan fingerprint density at radius 3 is 1.45 bits per heavy atom. The molecule has 0 aliphatic heterocycles. The van der Waals surface area contributed by atoms with Gasteiger partial charge in [0.1, 0.15) is 0 Å². The van der Waals surface area contributed by atoms with E-state index in [1.165, 1.54) is 0 Å². The van der Waals surface area contributed by atoms with Gasteiger partial charge in [-0.3, -0.25) is 0 Å². The van der Waals surface area contributed by atoms with Crippen LogP contribution in [0, 0.1) is 0 Å². The van der Waals surface area contributed by atoms with Crippen LogP contribution >= 0.6 is 0 Å². The molecule has 0 radical (unpaired) electrons. The number of hydrogen-bond acceptors (Lipinski definition) is 4. The average Bonchev–Trinajstić information content (AvgIpc) is 2.44. The van der Waals surface area contributed by atoms with E-state index in [1.54, 1.807) is 0 Å². The van der Waals surface area contributed by atoms with Crippen LogP contribution in [0.1, 0.15) is 40.0 Å². The Balaban J connectivity index is 4.83. The summed E-state index contributed by atoms with van der Waals surface area (Å²) in [6, 6.07) is 1.95. The van der Waals surface area contributed by atoms with Gasteiger partial charge in [-0.15, -0.1) is 0 Å². The smallest absolute Gasteiger partial charge is 0.458 e. The molecule has 0 spiro atoms. The summed E-state index contributed by atoms with van der Waals surface area (Å²) >= 11 is 0. The topological polar surface area (TPSA) is 36.9 Å². The summed E-state index contributed by atoms with van der Waals surface area (Å²) in [4.78, 5) is 0. The van der Waals surface area contributed by atoms with Crippen molar-refractivity contribution >= 4 is 26.2 Å². The minimum absolute atomic E-state index is 0.724. The zero-order chi connectivity index (χ0) is 17.1. The fourth-order valence-electron chi connectivity index (χ4n) is 2.27. The van der Waals surface area contributed by atoms with Crippen molar-refractivity contribution in [2.75, 3.05) is 19.8 Å². The third-order valence-electron chi connectivity index (χ3n) is 3.17. The average molecular weight is 367 g/mol. The molecule has 0 rings (SSSR count). The van der Waals surface area contributed by atoms with Crippen LogP contribution < -0.4 is 0 Å². The lowest BCUT2D eigenvalue weighted by Crippen LogP contribution is -2.48. The van der Waals surface area contributed by atoms with E-state index in [1.807, 2.05) is 0 Å². The van der Waals surface area contributed by atoms with Crippen LogP contribution in [-0.4, -0.2) is 46.0 Å². The predicted molar refractivity (Wildman–Crippen MR) is 102 cm³/mol. The van der Waals surface area contributed by atoms with Crippen molar-refractivity contribution in [2.45, 2.75) is 78.3 Å². The summed E-state index contributed by atoms with van der Waals surface area (Å²) in [7, 11) is -5.18. The molecule has 0 saturated carbocycles. The first-order valence-electron chi connectivity index (χ1n) is 8.90. The summed E-state index contributed by atoms with van der Waals surface area (Å²) in [5, 5.41) is 0. The summed E-state index contributed by atoms with van der Waals surface area (Å²) in [5.74, 6) is 0. The molecule has 0 aliphatic rings. The molecule has 0 saturated heterocycles. The van der Waals surface area contributed by atoms with Crippen molar-refractivity contribution < 1.29 is 17.4 Å². The second-order valence-corrected chi connectivity index (χ2v) is 16.4. The molecule has 22 heavy (non-hydrogen) atoms. The molecule has 0 heterocycles. The van der Waals surface area contributed by atoms with E-state index < -0.39 is 26.2 Å². The molecule has 0 fully saturated rings. The van der Waals surface area contributed by atoms with E-state index in [4.69, 9.17) is 17.4 Å². The Bertz CT molecular complexity index is 254. The molecule has 0 atom stereocenters. The molecule has 134 valence electrons. The van der Waals surface area contributed by atoms with Crippen LogP contribution in [0.2, 0.25) is 38.3 Å². The Morgan fingerprint density at radius 1 is 0.727 bits per heavy atom. The molecule has 0 aromatic heterocycles. The van der Waals surface area contributed by atoms with E-state index in [0.29, 0.717) is 0 Å². The molecular weight excluding hydrogens is 328 g/mol. The summed E-state index contributed by atoms with van der Waals surface area (Å²) in [6.45, 7) is 17.7. The van der Waals surface area contributed by atoms with Gasteiger partial charge in [-0.05, 0) is 51.5 Å². The van der Waals surface area contributed by atoms with Gasteiger partial charge in [0, 0.05) is 25.9 Å². The fourth-order valence-corrected chi connectivity index (χ4v) is 13.7. The van der Waals surface area contributed by atoms with Gasteiger partial charge >= 0.3 is 8.80 Å². The van der Waals surface area contributed by atoms with Crippen LogP contribution in [-0.2, 0) is 17.4 Å². The number of hydrogen-bond donors (Lipinski definition) is 0. The van der Waals surface area contributed by atoms with Gasteiger partial charge in [0.25, 0.3) is 0 Å². The first-order valence-corrected chi connectivity index (χ1v) is 16.7. The van der Waals surface area contributed by atoms with Crippen LogP contribution in [0.5, 0.6) is 0 Å². The molecule has 0 aromatic carbocycles. The highest BCUT2D eigenvalue weighted by molar-refractivity contribution is 6.79. The van der Waals surface area contributed by atoms with Crippen LogP contribution in [0.25, 0.3) is 0 Å². The molecule has 7 heteroatoms. The Labute approximate surface area is 142 Å². The predicted octanol–water partition coefficient (Wildman–Crippen LogP) is 4.41. The van der Waals surface area contributed by atoms with E-state index in [9.17, 15) is 0 Å². The maximum Gasteiger partial charge on any atom is 0.500 e. The van der Waals surface area contributed by atoms with Crippen molar-refractivity contribution in [3.05, 3.63) is 0 Å². The molecule has 0 bridgehead atoms. The Kier molecular flexibility index (Phi) is 12.2. The summed E-state index contributed by atoms with van der Waals surface area (Å²) in [6.07, 6.45) is 2.99. The monoisotopic (exact) mass is 366 g/mol. The van der Waals surface area contributed by atoms with Crippen LogP contribution in [0.4, 0.5) is 0 Å². The van der Waals surface area contributed by atoms with Crippen LogP contribution in [0.15, 0.2) is 0 Å². The van der Waals surface area contributed by atoms with Gasteiger partial charge < -0.3 is 17.4 Å². The maximum absolute atomic E-state index is 6.28. The maximum atomic E-state index is 6.28. The van der Waals surface area contributed by atoms with Crippen molar-refractivity contribution in [3.63, 3.8) is 0 Å². The molecule has 0 aromatic rings. The largest absolute Gasteiger partial charge is 0.500 e. The number of rotatable bonds is 14. The van der Waals surface area contributed by atoms with Crippen molar-refractivity contribution in [2.24, 2.45) is 0 Å². The normalized spacial score (nSPS) is 13.1. The quantitative estimate of drug-likeness (QED) is 0.427. The lowest BCUT2D eigenvalue weighted by molar-refractivity contribution is 0.0602. The standard InChI is InChI=1S/C15H38O4Si3/c1-8-11-16-22(17-12-9-2,18-13-10-3)15-14-21(6,7)19-20(4)5/h20H,8-15H2,1-7H3. The third kappa shape index (κ3) is 10.3. The molecule has 0 unspecified atom stereocenters. The molecular formula is C15H38O4Si3. The SMILES string of the molecule is CCCO[Si](CC[Si](C)(C)O[SiH](C)C)(OCCC)OCCC. The van der Waals surface area contributed by atoms with Gasteiger partial charge in [0.15, 0.2) is 17.4 Å². The highest BCUT2D eigenvalue weighted by Crippen LogP contribution is 2.25. The van der Waals surface area contributed by atoms with E-state index in [2.05, 4.69) is 47.0 Å². The fraction of sp³-hybridized carbons (Fsp3) is 1.00. The van der Waals surface area contributed by atoms with Crippen molar-refractivity contribution in [3.8, 4) is 0 Å². The highest BCUT2D eigenvalue weighted by Gasteiger charge is 2.43. The molecule has 0 amide bonds. The zero-order valence-corrected chi connectivity index (χ0v) is 19.0. The van der Waals surface area contributed by atoms with Gasteiger partial charge in [-0.1, -0.05) is 20.8 Å². The zero-order valence-electron chi connectivity index (χ0n) is 15.9. The summed E-state index contributed by atoms with van der Waals surface area (Å²) < 4.78 is 24.7. The molecule has 0 aliphatic carbocycles. The lowest BCUT2D eigenvalue weighted by Gasteiger charge is -2.33. The van der Waals surface area contributed by atoms with Crippen molar-refractivity contribution in [1.29, 1.82) is 0 Å². The second kappa shape index (κ2) is 11.9. The van der Waals surface area contributed by atoms with Gasteiger partial charge in [-0.25, -0.2) is 0 Å². The van der Waals surface area contributed by atoms with E-state index in [-0.39, 0.29) is 0 Å². The van der Waals surface area contributed by atoms with Gasteiger partial charge in [0.2, 0.25) is 0 Å². The van der Waals surface area contributed by atoms with Gasteiger partial charge in [-0.2, -0.15) is 0 Å². The second-order valence-electron chi connectivity index (χ2n) is 6.65. The first-order chi connectivity index (χ1) is 10.3.